The van der Waals surface area contributed by atoms with Gasteiger partial charge in [0, 0.05) is 10.8 Å². The van der Waals surface area contributed by atoms with E-state index in [0.29, 0.717) is 21.7 Å². The van der Waals surface area contributed by atoms with Crippen molar-refractivity contribution in [1.82, 2.24) is 0 Å². The molecule has 0 radical (unpaired) electrons. The smallest absolute Gasteiger partial charge is 0.00617 e. The van der Waals surface area contributed by atoms with Gasteiger partial charge in [-0.05, 0) is 110 Å². The van der Waals surface area contributed by atoms with Crippen molar-refractivity contribution < 1.29 is 0 Å². The molecule has 184 valence electrons. The lowest BCUT2D eigenvalue weighted by Crippen LogP contribution is -2.43. The van der Waals surface area contributed by atoms with Gasteiger partial charge in [-0.25, -0.2) is 0 Å². The van der Waals surface area contributed by atoms with Crippen molar-refractivity contribution in [3.63, 3.8) is 0 Å². The number of rotatable bonds is 4. The number of hydrogen-bond acceptors (Lipinski definition) is 0. The SMILES string of the molecule is Cc1ccc2c(c1)C13CC(CCC(C)(C)C)CC1(CC(CCC(C)(C)C)C3)c1cc(C)ccc1-2. The molecule has 5 rings (SSSR count). The Labute approximate surface area is 209 Å². The molecular formula is C34H48. The highest BCUT2D eigenvalue weighted by molar-refractivity contribution is 5.79. The number of benzene rings is 2. The largest absolute Gasteiger partial charge is 0.0602 e. The summed E-state index contributed by atoms with van der Waals surface area (Å²) in [5, 5.41) is 0. The van der Waals surface area contributed by atoms with E-state index in [0.717, 1.165) is 11.8 Å². The predicted molar refractivity (Wildman–Crippen MR) is 148 cm³/mol. The lowest BCUT2D eigenvalue weighted by molar-refractivity contribution is 0.286. The van der Waals surface area contributed by atoms with Gasteiger partial charge in [0.15, 0.2) is 0 Å². The first-order valence-electron chi connectivity index (χ1n) is 14.0. The molecule has 2 fully saturated rings. The second-order valence-corrected chi connectivity index (χ2v) is 15.0. The highest BCUT2D eigenvalue weighted by Crippen LogP contribution is 2.72. The molecule has 0 amide bonds. The maximum absolute atomic E-state index is 2.60. The van der Waals surface area contributed by atoms with Crippen LogP contribution < -0.4 is 0 Å². The topological polar surface area (TPSA) is 0 Å². The molecule has 2 saturated carbocycles. The molecule has 3 aliphatic rings. The third kappa shape index (κ3) is 3.98. The Balaban J connectivity index is 1.64. The highest BCUT2D eigenvalue weighted by Gasteiger charge is 2.66. The van der Waals surface area contributed by atoms with Gasteiger partial charge in [-0.3, -0.25) is 0 Å². The minimum atomic E-state index is 0.334. The summed E-state index contributed by atoms with van der Waals surface area (Å²) in [5.74, 6) is 1.70. The van der Waals surface area contributed by atoms with Crippen LogP contribution in [-0.2, 0) is 10.8 Å². The van der Waals surface area contributed by atoms with E-state index in [1.165, 1.54) is 62.5 Å². The summed E-state index contributed by atoms with van der Waals surface area (Å²) >= 11 is 0. The number of aryl methyl sites for hydroxylation is 2. The number of hydrogen-bond donors (Lipinski definition) is 0. The van der Waals surface area contributed by atoms with Gasteiger partial charge in [-0.1, -0.05) is 89.1 Å². The van der Waals surface area contributed by atoms with Gasteiger partial charge in [0.05, 0.1) is 0 Å². The van der Waals surface area contributed by atoms with Crippen molar-refractivity contribution in [1.29, 1.82) is 0 Å². The van der Waals surface area contributed by atoms with Crippen LogP contribution in [0.2, 0.25) is 0 Å². The minimum Gasteiger partial charge on any atom is -0.0602 e. The average molecular weight is 457 g/mol. The van der Waals surface area contributed by atoms with E-state index in [2.05, 4.69) is 91.8 Å². The summed E-state index contributed by atoms with van der Waals surface area (Å²) in [6.45, 7) is 19.2. The second-order valence-electron chi connectivity index (χ2n) is 15.0. The van der Waals surface area contributed by atoms with Crippen LogP contribution in [0.1, 0.15) is 115 Å². The summed E-state index contributed by atoms with van der Waals surface area (Å²) in [5.41, 5.74) is 10.9. The summed E-state index contributed by atoms with van der Waals surface area (Å²) in [6.07, 6.45) is 11.1. The van der Waals surface area contributed by atoms with E-state index >= 15 is 0 Å². The quantitative estimate of drug-likeness (QED) is 0.429. The fourth-order valence-electron chi connectivity index (χ4n) is 8.28. The third-order valence-electron chi connectivity index (χ3n) is 9.74. The van der Waals surface area contributed by atoms with Gasteiger partial charge >= 0.3 is 0 Å². The zero-order chi connectivity index (χ0) is 24.5. The molecule has 0 atom stereocenters. The van der Waals surface area contributed by atoms with Crippen LogP contribution in [0.15, 0.2) is 36.4 Å². The Hall–Kier alpha value is -1.56. The zero-order valence-corrected chi connectivity index (χ0v) is 23.3. The molecular weight excluding hydrogens is 408 g/mol. The lowest BCUT2D eigenvalue weighted by Gasteiger charge is -2.48. The molecule has 0 N–H and O–H groups in total. The van der Waals surface area contributed by atoms with Crippen molar-refractivity contribution >= 4 is 0 Å². The van der Waals surface area contributed by atoms with Crippen LogP contribution in [0, 0.1) is 36.5 Å². The van der Waals surface area contributed by atoms with Crippen LogP contribution in [0.3, 0.4) is 0 Å². The summed E-state index contributed by atoms with van der Waals surface area (Å²) < 4.78 is 0. The van der Waals surface area contributed by atoms with Crippen molar-refractivity contribution in [2.75, 3.05) is 0 Å². The molecule has 0 bridgehead atoms. The van der Waals surface area contributed by atoms with E-state index in [-0.39, 0.29) is 0 Å². The van der Waals surface area contributed by atoms with Gasteiger partial charge in [0.1, 0.15) is 0 Å². The molecule has 0 spiro atoms. The standard InChI is InChI=1S/C34H48/c1-23-9-11-27-28-12-10-24(2)18-30(28)34-21-25(13-15-31(3,4)5)19-33(34,29(27)17-23)20-26(22-34)14-16-32(6,7)8/h9-12,17-18,25-26H,13-16,19-22H2,1-8H3. The van der Waals surface area contributed by atoms with Crippen molar-refractivity contribution in [2.24, 2.45) is 22.7 Å². The molecule has 0 heteroatoms. The van der Waals surface area contributed by atoms with Gasteiger partial charge in [-0.15, -0.1) is 0 Å². The Bertz CT molecular complexity index is 971. The second kappa shape index (κ2) is 7.97. The van der Waals surface area contributed by atoms with Gasteiger partial charge < -0.3 is 0 Å². The monoisotopic (exact) mass is 456 g/mol. The van der Waals surface area contributed by atoms with Crippen LogP contribution in [-0.4, -0.2) is 0 Å². The Morgan fingerprint density at radius 2 is 0.971 bits per heavy atom. The highest BCUT2D eigenvalue weighted by atomic mass is 14.7. The van der Waals surface area contributed by atoms with Crippen LogP contribution in [0.5, 0.6) is 0 Å². The Kier molecular flexibility index (Phi) is 5.66. The van der Waals surface area contributed by atoms with Crippen molar-refractivity contribution in [3.05, 3.63) is 58.7 Å². The maximum Gasteiger partial charge on any atom is 0.00617 e. The van der Waals surface area contributed by atoms with Gasteiger partial charge in [0.25, 0.3) is 0 Å². The minimum absolute atomic E-state index is 0.334. The Morgan fingerprint density at radius 1 is 0.618 bits per heavy atom. The van der Waals surface area contributed by atoms with E-state index in [1.54, 1.807) is 22.3 Å². The first-order chi connectivity index (χ1) is 15.8. The molecule has 0 aromatic heterocycles. The first kappa shape index (κ1) is 24.1. The molecule has 0 unspecified atom stereocenters. The predicted octanol–water partition coefficient (Wildman–Crippen LogP) is 9.93. The molecule has 0 saturated heterocycles. The fraction of sp³-hybridized carbons (Fsp3) is 0.647. The van der Waals surface area contributed by atoms with Gasteiger partial charge in [0.2, 0.25) is 0 Å². The van der Waals surface area contributed by atoms with Gasteiger partial charge in [-0.2, -0.15) is 0 Å². The average Bonchev–Trinajstić information content (AvgIpc) is 3.21. The van der Waals surface area contributed by atoms with E-state index in [1.807, 2.05) is 0 Å². The lowest BCUT2D eigenvalue weighted by atomic mass is 9.55. The molecule has 2 aromatic rings. The normalized spacial score (nSPS) is 30.0. The molecule has 3 aliphatic carbocycles. The van der Waals surface area contributed by atoms with Crippen LogP contribution in [0.25, 0.3) is 11.1 Å². The summed E-state index contributed by atoms with van der Waals surface area (Å²) in [4.78, 5) is 0. The van der Waals surface area contributed by atoms with Crippen LogP contribution in [0.4, 0.5) is 0 Å². The van der Waals surface area contributed by atoms with Crippen LogP contribution >= 0.6 is 0 Å². The first-order valence-corrected chi connectivity index (χ1v) is 14.0. The van der Waals surface area contributed by atoms with Crippen molar-refractivity contribution in [3.8, 4) is 11.1 Å². The Morgan fingerprint density at radius 3 is 1.29 bits per heavy atom. The third-order valence-corrected chi connectivity index (χ3v) is 9.74. The molecule has 0 nitrogen and oxygen atoms in total. The summed E-state index contributed by atoms with van der Waals surface area (Å²) in [6, 6.07) is 14.8. The molecule has 0 aliphatic heterocycles. The molecule has 0 heterocycles. The summed E-state index contributed by atoms with van der Waals surface area (Å²) in [7, 11) is 0. The van der Waals surface area contributed by atoms with E-state index in [9.17, 15) is 0 Å². The van der Waals surface area contributed by atoms with E-state index < -0.39 is 0 Å². The zero-order valence-electron chi connectivity index (χ0n) is 23.3. The maximum atomic E-state index is 2.60. The molecule has 2 aromatic carbocycles. The van der Waals surface area contributed by atoms with Crippen molar-refractivity contribution in [2.45, 2.75) is 118 Å². The molecule has 34 heavy (non-hydrogen) atoms. The number of fused-ring (bicyclic) bond motifs is 3. The van der Waals surface area contributed by atoms with E-state index in [4.69, 9.17) is 0 Å². The fourth-order valence-corrected chi connectivity index (χ4v) is 8.28.